The summed E-state index contributed by atoms with van der Waals surface area (Å²) in [5.74, 6) is -0.597. The van der Waals surface area contributed by atoms with Crippen LogP contribution in [-0.4, -0.2) is 30.0 Å². The van der Waals surface area contributed by atoms with Gasteiger partial charge in [-0.15, -0.1) is 15.7 Å². The number of aromatic nitrogens is 3. The molecule has 0 aliphatic heterocycles. The topological polar surface area (TPSA) is 123 Å². The molecule has 150 valence electrons. The molecular weight excluding hydrogens is 398 g/mol. The third-order valence-corrected chi connectivity index (χ3v) is 7.43. The van der Waals surface area contributed by atoms with Crippen molar-refractivity contribution in [1.29, 1.82) is 0 Å². The largest absolute Gasteiger partial charge is 0.385 e. The van der Waals surface area contributed by atoms with Crippen LogP contribution >= 0.6 is 11.3 Å². The summed E-state index contributed by atoms with van der Waals surface area (Å²) < 4.78 is 18.3. The standard InChI is InChI=1S/C18H23N5O3S2/c1-5-11-6-7-12-10-23(4)21-16(12)13(11)8-15(24)22-28(19,26)17-20-9-14(27-17)18(2,3)25/h6-7,9-10,25H,5,8H2,1-4H3,(H2,19,22,24,26). The van der Waals surface area contributed by atoms with Crippen LogP contribution in [0.4, 0.5) is 0 Å². The number of benzene rings is 1. The molecule has 1 aromatic carbocycles. The van der Waals surface area contributed by atoms with Crippen LogP contribution in [0.2, 0.25) is 0 Å². The van der Waals surface area contributed by atoms with Gasteiger partial charge in [0.05, 0.1) is 22.4 Å². The number of aliphatic hydroxyl groups is 1. The normalized spacial score (nSPS) is 14.2. The van der Waals surface area contributed by atoms with Crippen LogP contribution in [0, 0.1) is 0 Å². The fourth-order valence-electron chi connectivity index (χ4n) is 2.88. The summed E-state index contributed by atoms with van der Waals surface area (Å²) in [6.07, 6.45) is 3.96. The predicted octanol–water partition coefficient (Wildman–Crippen LogP) is 2.29. The quantitative estimate of drug-likeness (QED) is 0.654. The first-order valence-corrected chi connectivity index (χ1v) is 11.1. The van der Waals surface area contributed by atoms with E-state index in [0.717, 1.165) is 39.8 Å². The van der Waals surface area contributed by atoms with Gasteiger partial charge < -0.3 is 5.11 Å². The Labute approximate surface area is 167 Å². The molecule has 8 nitrogen and oxygen atoms in total. The second-order valence-electron chi connectivity index (χ2n) is 7.08. The maximum Gasteiger partial charge on any atom is 0.259 e. The molecule has 0 spiro atoms. The Kier molecular flexibility index (Phi) is 5.41. The predicted molar refractivity (Wildman–Crippen MR) is 109 cm³/mol. The van der Waals surface area contributed by atoms with E-state index in [-0.39, 0.29) is 10.8 Å². The first kappa shape index (κ1) is 20.6. The fourth-order valence-corrected chi connectivity index (χ4v) is 5.04. The van der Waals surface area contributed by atoms with Crippen LogP contribution in [0.5, 0.6) is 0 Å². The number of carbonyl (C=O) groups is 1. The van der Waals surface area contributed by atoms with Gasteiger partial charge in [-0.3, -0.25) is 9.48 Å². The van der Waals surface area contributed by atoms with Gasteiger partial charge in [0.1, 0.15) is 0 Å². The lowest BCUT2D eigenvalue weighted by Gasteiger charge is -2.13. The number of aryl methyl sites for hydroxylation is 2. The van der Waals surface area contributed by atoms with Crippen molar-refractivity contribution >= 4 is 38.1 Å². The zero-order valence-corrected chi connectivity index (χ0v) is 17.8. The minimum absolute atomic E-state index is 0.0183. The molecule has 0 saturated heterocycles. The fraction of sp³-hybridized carbons (Fsp3) is 0.389. The van der Waals surface area contributed by atoms with E-state index >= 15 is 0 Å². The zero-order valence-electron chi connectivity index (χ0n) is 16.2. The molecule has 10 heteroatoms. The number of fused-ring (bicyclic) bond motifs is 1. The Bertz CT molecular complexity index is 1160. The van der Waals surface area contributed by atoms with Gasteiger partial charge in [-0.05, 0) is 31.4 Å². The molecule has 28 heavy (non-hydrogen) atoms. The Morgan fingerprint density at radius 2 is 2.14 bits per heavy atom. The summed E-state index contributed by atoms with van der Waals surface area (Å²) in [4.78, 5) is 17.1. The van der Waals surface area contributed by atoms with Crippen molar-refractivity contribution < 1.29 is 14.1 Å². The third kappa shape index (κ3) is 4.14. The number of thiazole rings is 1. The summed E-state index contributed by atoms with van der Waals surface area (Å²) in [5, 5.41) is 21.2. The Balaban J connectivity index is 1.96. The molecule has 0 saturated carbocycles. The molecule has 2 heterocycles. The number of nitrogens with two attached hydrogens (primary N) is 1. The molecular formula is C18H23N5O3S2. The monoisotopic (exact) mass is 421 g/mol. The first-order chi connectivity index (χ1) is 13.0. The van der Waals surface area contributed by atoms with E-state index in [1.54, 1.807) is 18.5 Å². The SMILES string of the molecule is CCc1ccc2cn(C)nc2c1CC(=O)N=S(N)(=O)c1ncc(C(C)(C)O)s1. The van der Waals surface area contributed by atoms with E-state index in [0.29, 0.717) is 4.88 Å². The van der Waals surface area contributed by atoms with Crippen molar-refractivity contribution in [2.75, 3.05) is 0 Å². The summed E-state index contributed by atoms with van der Waals surface area (Å²) >= 11 is 0.985. The van der Waals surface area contributed by atoms with E-state index in [2.05, 4.69) is 14.4 Å². The van der Waals surface area contributed by atoms with Crippen molar-refractivity contribution in [3.63, 3.8) is 0 Å². The number of amides is 1. The highest BCUT2D eigenvalue weighted by atomic mass is 32.2. The molecule has 1 amide bonds. The van der Waals surface area contributed by atoms with E-state index in [9.17, 15) is 14.1 Å². The van der Waals surface area contributed by atoms with Crippen molar-refractivity contribution in [1.82, 2.24) is 14.8 Å². The lowest BCUT2D eigenvalue weighted by Crippen LogP contribution is -2.16. The van der Waals surface area contributed by atoms with E-state index in [1.807, 2.05) is 32.3 Å². The van der Waals surface area contributed by atoms with Gasteiger partial charge in [0.2, 0.25) is 4.34 Å². The molecule has 0 radical (unpaired) electrons. The summed E-state index contributed by atoms with van der Waals surface area (Å²) in [5.41, 5.74) is 1.34. The highest BCUT2D eigenvalue weighted by Crippen LogP contribution is 2.28. The number of hydrogen-bond acceptors (Lipinski definition) is 6. The Morgan fingerprint density at radius 3 is 2.75 bits per heavy atom. The zero-order chi connectivity index (χ0) is 20.7. The van der Waals surface area contributed by atoms with Gasteiger partial charge in [-0.25, -0.2) is 14.3 Å². The van der Waals surface area contributed by atoms with Crippen LogP contribution in [0.3, 0.4) is 0 Å². The molecule has 1 unspecified atom stereocenters. The molecule has 3 rings (SSSR count). The van der Waals surface area contributed by atoms with Crippen LogP contribution < -0.4 is 5.14 Å². The molecule has 2 aromatic heterocycles. The van der Waals surface area contributed by atoms with Gasteiger partial charge in [0.25, 0.3) is 5.91 Å². The number of carbonyl (C=O) groups excluding carboxylic acids is 1. The van der Waals surface area contributed by atoms with Crippen LogP contribution in [0.15, 0.2) is 33.2 Å². The van der Waals surface area contributed by atoms with Crippen molar-refractivity contribution in [2.45, 2.75) is 43.6 Å². The van der Waals surface area contributed by atoms with E-state index in [4.69, 9.17) is 5.14 Å². The van der Waals surface area contributed by atoms with Crippen molar-refractivity contribution in [3.05, 3.63) is 40.5 Å². The summed E-state index contributed by atoms with van der Waals surface area (Å²) in [6, 6.07) is 3.93. The molecule has 1 atom stereocenters. The molecule has 3 N–H and O–H groups in total. The molecule has 0 aliphatic carbocycles. The second-order valence-corrected chi connectivity index (χ2v) is 10.1. The average Bonchev–Trinajstić information content (AvgIpc) is 3.20. The summed E-state index contributed by atoms with van der Waals surface area (Å²) in [7, 11) is -1.67. The highest BCUT2D eigenvalue weighted by molar-refractivity contribution is 7.93. The number of hydrogen-bond donors (Lipinski definition) is 2. The van der Waals surface area contributed by atoms with Gasteiger partial charge in [-0.1, -0.05) is 19.1 Å². The highest BCUT2D eigenvalue weighted by Gasteiger charge is 2.23. The summed E-state index contributed by atoms with van der Waals surface area (Å²) in [6.45, 7) is 5.17. The smallest absolute Gasteiger partial charge is 0.259 e. The number of nitrogens with zero attached hydrogens (tertiary/aromatic N) is 4. The van der Waals surface area contributed by atoms with Crippen LogP contribution in [0.1, 0.15) is 36.8 Å². The molecule has 0 fully saturated rings. The van der Waals surface area contributed by atoms with Crippen LogP contribution in [-0.2, 0) is 40.2 Å². The maximum absolute atomic E-state index is 12.8. The molecule has 0 bridgehead atoms. The minimum Gasteiger partial charge on any atom is -0.385 e. The van der Waals surface area contributed by atoms with E-state index in [1.165, 1.54) is 6.20 Å². The van der Waals surface area contributed by atoms with E-state index < -0.39 is 21.4 Å². The van der Waals surface area contributed by atoms with Gasteiger partial charge in [-0.2, -0.15) is 5.10 Å². The average molecular weight is 422 g/mol. The lowest BCUT2D eigenvalue weighted by atomic mass is 9.99. The molecule has 0 aliphatic rings. The third-order valence-electron chi connectivity index (χ3n) is 4.28. The van der Waals surface area contributed by atoms with Gasteiger partial charge in [0.15, 0.2) is 9.92 Å². The number of rotatable bonds is 5. The second kappa shape index (κ2) is 7.36. The molecule has 3 aromatic rings. The first-order valence-electron chi connectivity index (χ1n) is 8.72. The van der Waals surface area contributed by atoms with Crippen molar-refractivity contribution in [3.8, 4) is 0 Å². The minimum atomic E-state index is -3.49. The Morgan fingerprint density at radius 1 is 1.43 bits per heavy atom. The van der Waals surface area contributed by atoms with Crippen molar-refractivity contribution in [2.24, 2.45) is 16.5 Å². The van der Waals surface area contributed by atoms with Gasteiger partial charge >= 0.3 is 0 Å². The maximum atomic E-state index is 12.8. The van der Waals surface area contributed by atoms with Crippen LogP contribution in [0.25, 0.3) is 10.9 Å². The lowest BCUT2D eigenvalue weighted by molar-refractivity contribution is -0.117. The van der Waals surface area contributed by atoms with Gasteiger partial charge in [0, 0.05) is 24.8 Å². The Hall–Kier alpha value is -2.14.